The normalized spacial score (nSPS) is 21.8. The average molecular weight is 490 g/mol. The Balaban J connectivity index is 1.06. The molecule has 6 rings (SSSR count). The van der Waals surface area contributed by atoms with E-state index in [0.717, 1.165) is 62.8 Å². The number of halogens is 1. The van der Waals surface area contributed by atoms with Gasteiger partial charge in [0.05, 0.1) is 5.52 Å². The van der Waals surface area contributed by atoms with Gasteiger partial charge < -0.3 is 9.47 Å². The number of pyridine rings is 1. The lowest BCUT2D eigenvalue weighted by Gasteiger charge is -2.21. The Hall–Kier alpha value is -2.41. The van der Waals surface area contributed by atoms with Crippen LogP contribution in [0.25, 0.3) is 22.3 Å². The molecule has 2 fully saturated rings. The molecule has 1 saturated carbocycles. The van der Waals surface area contributed by atoms with Crippen molar-refractivity contribution in [3.63, 3.8) is 0 Å². The van der Waals surface area contributed by atoms with E-state index >= 15 is 0 Å². The fraction of sp³-hybridized carbons (Fsp3) is 0.370. The molecule has 0 bridgehead atoms. The van der Waals surface area contributed by atoms with Crippen molar-refractivity contribution in [3.8, 4) is 11.4 Å². The zero-order valence-electron chi connectivity index (χ0n) is 19.5. The minimum atomic E-state index is 0.377. The summed E-state index contributed by atoms with van der Waals surface area (Å²) in [5.41, 5.74) is 4.94. The summed E-state index contributed by atoms with van der Waals surface area (Å²) in [6, 6.07) is 18.9. The van der Waals surface area contributed by atoms with E-state index in [1.54, 1.807) is 11.8 Å². The van der Waals surface area contributed by atoms with Crippen LogP contribution in [0.4, 0.5) is 0 Å². The standard InChI is InChI=1S/C27H28ClN5S/c1-18-7-12-22-23(5-3-6-24(22)29-18)25-30-31-26(32(25)2)34-14-4-13-33-16-20-15-27(20,17-33)19-8-10-21(28)11-9-19/h3,5-12,20H,4,13-17H2,1-2H3/t20-,27?/m1/s1. The second-order valence-electron chi connectivity index (χ2n) is 9.69. The lowest BCUT2D eigenvalue weighted by atomic mass is 9.95. The molecular weight excluding hydrogens is 462 g/mol. The zero-order valence-corrected chi connectivity index (χ0v) is 21.1. The van der Waals surface area contributed by atoms with Gasteiger partial charge in [0, 0.05) is 53.0 Å². The number of likely N-dealkylation sites (tertiary alicyclic amines) is 1. The van der Waals surface area contributed by atoms with Crippen molar-refractivity contribution in [3.05, 3.63) is 70.9 Å². The Bertz CT molecular complexity index is 1350. The smallest absolute Gasteiger partial charge is 0.191 e. The molecule has 2 atom stereocenters. The van der Waals surface area contributed by atoms with Gasteiger partial charge in [0.2, 0.25) is 0 Å². The van der Waals surface area contributed by atoms with Crippen molar-refractivity contribution in [2.24, 2.45) is 13.0 Å². The number of benzene rings is 2. The van der Waals surface area contributed by atoms with Crippen molar-refractivity contribution in [1.29, 1.82) is 0 Å². The second-order valence-corrected chi connectivity index (χ2v) is 11.2. The third-order valence-electron chi connectivity index (χ3n) is 7.43. The van der Waals surface area contributed by atoms with Gasteiger partial charge in [0.15, 0.2) is 11.0 Å². The van der Waals surface area contributed by atoms with Gasteiger partial charge in [-0.1, -0.05) is 53.7 Å². The van der Waals surface area contributed by atoms with Crippen molar-refractivity contribution in [2.45, 2.75) is 30.3 Å². The molecule has 3 heterocycles. The maximum absolute atomic E-state index is 6.09. The van der Waals surface area contributed by atoms with Gasteiger partial charge in [0.1, 0.15) is 0 Å². The van der Waals surface area contributed by atoms with Crippen LogP contribution >= 0.6 is 23.4 Å². The molecule has 2 aromatic heterocycles. The number of fused-ring (bicyclic) bond motifs is 2. The molecule has 0 N–H and O–H groups in total. The summed E-state index contributed by atoms with van der Waals surface area (Å²) in [7, 11) is 2.06. The maximum atomic E-state index is 6.09. The van der Waals surface area contributed by atoms with Gasteiger partial charge in [-0.2, -0.15) is 0 Å². The van der Waals surface area contributed by atoms with Gasteiger partial charge in [-0.05, 0) is 62.1 Å². The number of aromatic nitrogens is 4. The highest BCUT2D eigenvalue weighted by molar-refractivity contribution is 7.99. The Labute approximate surface area is 209 Å². The van der Waals surface area contributed by atoms with E-state index in [2.05, 4.69) is 68.1 Å². The van der Waals surface area contributed by atoms with Gasteiger partial charge in [0.25, 0.3) is 0 Å². The van der Waals surface area contributed by atoms with E-state index in [4.69, 9.17) is 11.6 Å². The Kier molecular flexibility index (Phi) is 5.63. The van der Waals surface area contributed by atoms with E-state index in [-0.39, 0.29) is 0 Å². The number of hydrogen-bond acceptors (Lipinski definition) is 5. The molecule has 7 heteroatoms. The fourth-order valence-electron chi connectivity index (χ4n) is 5.56. The highest BCUT2D eigenvalue weighted by Crippen LogP contribution is 2.59. The molecule has 1 aliphatic carbocycles. The first-order valence-electron chi connectivity index (χ1n) is 11.9. The van der Waals surface area contributed by atoms with Crippen molar-refractivity contribution in [2.75, 3.05) is 25.4 Å². The molecule has 1 unspecified atom stereocenters. The number of nitrogens with zero attached hydrogens (tertiary/aromatic N) is 5. The quantitative estimate of drug-likeness (QED) is 0.244. The first kappa shape index (κ1) is 22.1. The summed E-state index contributed by atoms with van der Waals surface area (Å²) >= 11 is 7.89. The van der Waals surface area contributed by atoms with Crippen LogP contribution in [0.3, 0.4) is 0 Å². The van der Waals surface area contributed by atoms with Crippen LogP contribution in [0.1, 0.15) is 24.1 Å². The van der Waals surface area contributed by atoms with Gasteiger partial charge in [-0.25, -0.2) is 0 Å². The monoisotopic (exact) mass is 489 g/mol. The molecule has 174 valence electrons. The third kappa shape index (κ3) is 3.92. The maximum Gasteiger partial charge on any atom is 0.191 e. The Morgan fingerprint density at radius 1 is 1.09 bits per heavy atom. The van der Waals surface area contributed by atoms with Crippen molar-refractivity contribution < 1.29 is 0 Å². The van der Waals surface area contributed by atoms with E-state index in [9.17, 15) is 0 Å². The summed E-state index contributed by atoms with van der Waals surface area (Å²) in [4.78, 5) is 7.30. The molecule has 34 heavy (non-hydrogen) atoms. The SMILES string of the molecule is Cc1ccc2c(-c3nnc(SCCCN4C[C@H]5CC5(c5ccc(Cl)cc5)C4)n3C)cccc2n1. The summed E-state index contributed by atoms with van der Waals surface area (Å²) in [5, 5.41) is 11.9. The Morgan fingerprint density at radius 3 is 2.79 bits per heavy atom. The summed E-state index contributed by atoms with van der Waals surface area (Å²) in [5.74, 6) is 2.74. The van der Waals surface area contributed by atoms with Crippen LogP contribution in [-0.4, -0.2) is 50.0 Å². The molecular formula is C27H28ClN5S. The highest BCUT2D eigenvalue weighted by atomic mass is 35.5. The van der Waals surface area contributed by atoms with E-state index in [0.29, 0.717) is 5.41 Å². The number of aryl methyl sites for hydroxylation is 1. The number of piperidine rings is 1. The minimum Gasteiger partial charge on any atom is -0.305 e. The third-order valence-corrected chi connectivity index (χ3v) is 8.79. The van der Waals surface area contributed by atoms with Crippen LogP contribution in [0, 0.1) is 12.8 Å². The molecule has 0 amide bonds. The van der Waals surface area contributed by atoms with Crippen LogP contribution in [0.15, 0.2) is 59.8 Å². The number of hydrogen-bond donors (Lipinski definition) is 0. The Morgan fingerprint density at radius 2 is 1.94 bits per heavy atom. The number of rotatable bonds is 7. The van der Waals surface area contributed by atoms with Gasteiger partial charge in [-0.3, -0.25) is 4.98 Å². The molecule has 0 spiro atoms. The topological polar surface area (TPSA) is 46.8 Å². The molecule has 1 saturated heterocycles. The van der Waals surface area contributed by atoms with Crippen LogP contribution in [-0.2, 0) is 12.5 Å². The molecule has 4 aromatic rings. The lowest BCUT2D eigenvalue weighted by molar-refractivity contribution is 0.299. The summed E-state index contributed by atoms with van der Waals surface area (Å²) in [6.45, 7) is 5.55. The van der Waals surface area contributed by atoms with Gasteiger partial charge >= 0.3 is 0 Å². The predicted octanol–water partition coefficient (Wildman–Crippen LogP) is 5.75. The van der Waals surface area contributed by atoms with Crippen LogP contribution in [0.5, 0.6) is 0 Å². The molecule has 2 aliphatic rings. The molecule has 0 radical (unpaired) electrons. The zero-order chi connectivity index (χ0) is 23.3. The van der Waals surface area contributed by atoms with E-state index < -0.39 is 0 Å². The predicted molar refractivity (Wildman–Crippen MR) is 139 cm³/mol. The summed E-state index contributed by atoms with van der Waals surface area (Å²) < 4.78 is 2.11. The first-order valence-corrected chi connectivity index (χ1v) is 13.3. The minimum absolute atomic E-state index is 0.377. The highest BCUT2D eigenvalue weighted by Gasteiger charge is 2.60. The van der Waals surface area contributed by atoms with E-state index in [1.165, 1.54) is 25.1 Å². The van der Waals surface area contributed by atoms with Crippen molar-refractivity contribution in [1.82, 2.24) is 24.6 Å². The second kappa shape index (κ2) is 8.67. The fourth-order valence-corrected chi connectivity index (χ4v) is 6.53. The molecule has 2 aromatic carbocycles. The molecule has 5 nitrogen and oxygen atoms in total. The largest absolute Gasteiger partial charge is 0.305 e. The van der Waals surface area contributed by atoms with Gasteiger partial charge in [-0.15, -0.1) is 10.2 Å². The summed E-state index contributed by atoms with van der Waals surface area (Å²) in [6.07, 6.45) is 2.47. The molecule has 1 aliphatic heterocycles. The van der Waals surface area contributed by atoms with Crippen LogP contribution < -0.4 is 0 Å². The number of thioether (sulfide) groups is 1. The first-order chi connectivity index (χ1) is 16.5. The van der Waals surface area contributed by atoms with Crippen molar-refractivity contribution >= 4 is 34.3 Å². The van der Waals surface area contributed by atoms with Crippen LogP contribution in [0.2, 0.25) is 5.02 Å². The van der Waals surface area contributed by atoms with E-state index in [1.807, 2.05) is 25.1 Å². The average Bonchev–Trinajstić information content (AvgIpc) is 3.21. The lowest BCUT2D eigenvalue weighted by Crippen LogP contribution is -2.27.